The first-order chi connectivity index (χ1) is 37.7. The standard InChI is InChI=1S/C69H41N5S2/c1-3-17-42(18-4-1)67-70-68(43-19-5-2-6-20-43)72-69(71-67)46-37-47(73-57-27-11-7-21-51(57)55-39-44(33-35-59(55)73)49-25-15-31-63-65(49)53-23-9-13-29-61(53)75-63)41-48(38-46)74-58-28-12-8-22-52(58)56-40-45(34-36-60(56)74)50-26-16-32-64-66(50)54-24-10-14-30-62(54)76-64/h1-41H. The third-order valence-electron chi connectivity index (χ3n) is 15.1. The number of hydrogen-bond acceptors (Lipinski definition) is 5. The Morgan fingerprint density at radius 1 is 0.250 bits per heavy atom. The van der Waals surface area contributed by atoms with Gasteiger partial charge in [0.15, 0.2) is 17.5 Å². The summed E-state index contributed by atoms with van der Waals surface area (Å²) in [5.41, 5.74) is 14.1. The lowest BCUT2D eigenvalue weighted by Crippen LogP contribution is -2.03. The lowest BCUT2D eigenvalue weighted by atomic mass is 9.98. The maximum Gasteiger partial charge on any atom is 0.164 e. The fourth-order valence-corrected chi connectivity index (χ4v) is 14.1. The molecule has 354 valence electrons. The number of hydrogen-bond donors (Lipinski definition) is 0. The average Bonchev–Trinajstić information content (AvgIpc) is 4.30. The molecular weight excluding hydrogens is 963 g/mol. The van der Waals surface area contributed by atoms with Gasteiger partial charge in [0.1, 0.15) is 0 Å². The molecule has 7 heteroatoms. The van der Waals surface area contributed by atoms with Gasteiger partial charge in [0.25, 0.3) is 0 Å². The van der Waals surface area contributed by atoms with Crippen LogP contribution in [-0.2, 0) is 0 Å². The predicted octanol–water partition coefficient (Wildman–Crippen LogP) is 19.1. The zero-order valence-electron chi connectivity index (χ0n) is 40.7. The lowest BCUT2D eigenvalue weighted by molar-refractivity contribution is 1.07. The molecule has 5 heterocycles. The molecule has 0 aliphatic heterocycles. The van der Waals surface area contributed by atoms with Crippen LogP contribution in [0.25, 0.3) is 152 Å². The SMILES string of the molecule is c1ccc(-c2nc(-c3ccccc3)nc(-c3cc(-n4c5ccccc5c5cc(-c6cccc7sc8ccccc8c67)ccc54)cc(-n4c5ccccc5c5cc(-c6cccc7sc8ccccc8c67)ccc54)c3)n2)cc1. The maximum atomic E-state index is 5.33. The van der Waals surface area contributed by atoms with Crippen molar-refractivity contribution in [2.75, 3.05) is 0 Å². The van der Waals surface area contributed by atoms with Gasteiger partial charge in [-0.3, -0.25) is 0 Å². The molecule has 0 aliphatic carbocycles. The van der Waals surface area contributed by atoms with Gasteiger partial charge in [-0.2, -0.15) is 0 Å². The summed E-state index contributed by atoms with van der Waals surface area (Å²) in [4.78, 5) is 15.8. The fraction of sp³-hybridized carbons (Fsp3) is 0. The molecule has 0 saturated carbocycles. The number of thiophene rings is 2. The summed E-state index contributed by atoms with van der Waals surface area (Å²) < 4.78 is 10.1. The van der Waals surface area contributed by atoms with Gasteiger partial charge in [-0.1, -0.05) is 170 Å². The van der Waals surface area contributed by atoms with E-state index in [0.717, 1.165) is 50.1 Å². The molecule has 11 aromatic carbocycles. The zero-order chi connectivity index (χ0) is 49.8. The van der Waals surface area contributed by atoms with Gasteiger partial charge in [-0.05, 0) is 101 Å². The topological polar surface area (TPSA) is 48.5 Å². The summed E-state index contributed by atoms with van der Waals surface area (Å²) in [5, 5.41) is 9.95. The van der Waals surface area contributed by atoms with E-state index in [1.807, 2.05) is 59.1 Å². The second kappa shape index (κ2) is 17.0. The smallest absolute Gasteiger partial charge is 0.164 e. The second-order valence-corrected chi connectivity index (χ2v) is 21.7. The van der Waals surface area contributed by atoms with Crippen LogP contribution in [0.4, 0.5) is 0 Å². The Hall–Kier alpha value is -9.53. The van der Waals surface area contributed by atoms with Crippen LogP contribution in [0.3, 0.4) is 0 Å². The van der Waals surface area contributed by atoms with Crippen molar-refractivity contribution in [3.63, 3.8) is 0 Å². The second-order valence-electron chi connectivity index (χ2n) is 19.5. The Bertz CT molecular complexity index is 4700. The summed E-state index contributed by atoms with van der Waals surface area (Å²) in [6.07, 6.45) is 0. The van der Waals surface area contributed by atoms with E-state index in [1.165, 1.54) is 84.1 Å². The van der Waals surface area contributed by atoms with Crippen molar-refractivity contribution in [3.8, 4) is 67.8 Å². The molecule has 0 N–H and O–H groups in total. The van der Waals surface area contributed by atoms with Gasteiger partial charge >= 0.3 is 0 Å². The molecule has 5 aromatic heterocycles. The Morgan fingerprint density at radius 2 is 0.632 bits per heavy atom. The van der Waals surface area contributed by atoms with Gasteiger partial charge in [0, 0.05) is 90.0 Å². The van der Waals surface area contributed by atoms with Gasteiger partial charge in [-0.25, -0.2) is 15.0 Å². The molecule has 0 spiro atoms. The Kier molecular flexibility index (Phi) is 9.61. The van der Waals surface area contributed by atoms with Crippen LogP contribution < -0.4 is 0 Å². The summed E-state index contributed by atoms with van der Waals surface area (Å²) in [6.45, 7) is 0. The van der Waals surface area contributed by atoms with Gasteiger partial charge in [0.2, 0.25) is 0 Å². The molecule has 0 amide bonds. The van der Waals surface area contributed by atoms with E-state index in [-0.39, 0.29) is 0 Å². The summed E-state index contributed by atoms with van der Waals surface area (Å²) >= 11 is 3.72. The summed E-state index contributed by atoms with van der Waals surface area (Å²) in [6, 6.07) is 90.0. The molecule has 0 bridgehead atoms. The number of para-hydroxylation sites is 2. The first kappa shape index (κ1) is 42.9. The summed E-state index contributed by atoms with van der Waals surface area (Å²) in [5.74, 6) is 1.83. The minimum atomic E-state index is 0.592. The third kappa shape index (κ3) is 6.73. The van der Waals surface area contributed by atoms with Gasteiger partial charge < -0.3 is 9.13 Å². The van der Waals surface area contributed by atoms with Crippen LogP contribution in [0.1, 0.15) is 0 Å². The van der Waals surface area contributed by atoms with E-state index >= 15 is 0 Å². The molecule has 0 saturated heterocycles. The van der Waals surface area contributed by atoms with Crippen molar-refractivity contribution >= 4 is 107 Å². The monoisotopic (exact) mass is 1000 g/mol. The quantitative estimate of drug-likeness (QED) is 0.160. The first-order valence-electron chi connectivity index (χ1n) is 25.6. The van der Waals surface area contributed by atoms with E-state index in [0.29, 0.717) is 17.5 Å². The van der Waals surface area contributed by atoms with Crippen LogP contribution in [0.2, 0.25) is 0 Å². The van der Waals surface area contributed by atoms with Crippen molar-refractivity contribution in [1.29, 1.82) is 0 Å². The first-order valence-corrected chi connectivity index (χ1v) is 27.2. The van der Waals surface area contributed by atoms with Crippen LogP contribution in [0, 0.1) is 0 Å². The highest BCUT2D eigenvalue weighted by Crippen LogP contribution is 2.45. The van der Waals surface area contributed by atoms with Crippen LogP contribution in [0.5, 0.6) is 0 Å². The highest BCUT2D eigenvalue weighted by Gasteiger charge is 2.22. The lowest BCUT2D eigenvalue weighted by Gasteiger charge is -2.16. The highest BCUT2D eigenvalue weighted by molar-refractivity contribution is 7.26. The predicted molar refractivity (Wildman–Crippen MR) is 321 cm³/mol. The van der Waals surface area contributed by atoms with E-state index < -0.39 is 0 Å². The van der Waals surface area contributed by atoms with E-state index in [4.69, 9.17) is 15.0 Å². The van der Waals surface area contributed by atoms with E-state index in [2.05, 4.69) is 221 Å². The normalized spacial score (nSPS) is 11.9. The maximum absolute atomic E-state index is 5.33. The minimum Gasteiger partial charge on any atom is -0.309 e. The van der Waals surface area contributed by atoms with Gasteiger partial charge in [-0.15, -0.1) is 22.7 Å². The minimum absolute atomic E-state index is 0.592. The van der Waals surface area contributed by atoms with Crippen molar-refractivity contribution in [3.05, 3.63) is 249 Å². The van der Waals surface area contributed by atoms with Crippen molar-refractivity contribution in [1.82, 2.24) is 24.1 Å². The highest BCUT2D eigenvalue weighted by atomic mass is 32.1. The van der Waals surface area contributed by atoms with E-state index in [1.54, 1.807) is 0 Å². The molecular formula is C69H41N5S2. The number of benzene rings is 11. The molecule has 0 unspecified atom stereocenters. The summed E-state index contributed by atoms with van der Waals surface area (Å²) in [7, 11) is 0. The van der Waals surface area contributed by atoms with E-state index in [9.17, 15) is 0 Å². The molecule has 0 atom stereocenters. The number of rotatable bonds is 7. The number of aromatic nitrogens is 5. The number of fused-ring (bicyclic) bond motifs is 12. The molecule has 76 heavy (non-hydrogen) atoms. The third-order valence-corrected chi connectivity index (χ3v) is 17.4. The average molecular weight is 1000 g/mol. The van der Waals surface area contributed by atoms with Crippen molar-refractivity contribution in [2.45, 2.75) is 0 Å². The van der Waals surface area contributed by atoms with Crippen LogP contribution in [-0.4, -0.2) is 24.1 Å². The molecule has 16 rings (SSSR count). The Morgan fingerprint density at radius 3 is 1.11 bits per heavy atom. The molecule has 16 aromatic rings. The van der Waals surface area contributed by atoms with Crippen LogP contribution in [0.15, 0.2) is 249 Å². The number of nitrogens with zero attached hydrogens (tertiary/aromatic N) is 5. The van der Waals surface area contributed by atoms with Crippen molar-refractivity contribution < 1.29 is 0 Å². The van der Waals surface area contributed by atoms with Crippen LogP contribution >= 0.6 is 22.7 Å². The molecule has 0 radical (unpaired) electrons. The fourth-order valence-electron chi connectivity index (χ4n) is 11.8. The van der Waals surface area contributed by atoms with Crippen molar-refractivity contribution in [2.24, 2.45) is 0 Å². The van der Waals surface area contributed by atoms with Gasteiger partial charge in [0.05, 0.1) is 22.1 Å². The Balaban J connectivity index is 0.955. The molecule has 0 fully saturated rings. The molecule has 0 aliphatic rings. The molecule has 5 nitrogen and oxygen atoms in total. The zero-order valence-corrected chi connectivity index (χ0v) is 42.4. The largest absolute Gasteiger partial charge is 0.309 e. The Labute approximate surface area is 444 Å².